The average molecular weight is 211 g/mol. The highest BCUT2D eigenvalue weighted by atomic mass is 16.7. The van der Waals surface area contributed by atoms with Crippen molar-refractivity contribution in [3.05, 3.63) is 29.6 Å². The predicted octanol–water partition coefficient (Wildman–Crippen LogP) is 1.16. The van der Waals surface area contributed by atoms with Crippen molar-refractivity contribution in [2.24, 2.45) is 0 Å². The van der Waals surface area contributed by atoms with Gasteiger partial charge >= 0.3 is 5.97 Å². The summed E-state index contributed by atoms with van der Waals surface area (Å²) in [5, 5.41) is 0. The van der Waals surface area contributed by atoms with Crippen LogP contribution in [-0.4, -0.2) is 32.3 Å². The zero-order chi connectivity index (χ0) is 11.3. The van der Waals surface area contributed by atoms with Crippen LogP contribution in [0.3, 0.4) is 0 Å². The number of carbonyl (C=O) groups is 1. The van der Waals surface area contributed by atoms with E-state index in [1.807, 2.05) is 0 Å². The van der Waals surface area contributed by atoms with Gasteiger partial charge < -0.3 is 14.2 Å². The van der Waals surface area contributed by atoms with E-state index < -0.39 is 12.3 Å². The molecule has 0 aliphatic carbocycles. The van der Waals surface area contributed by atoms with Gasteiger partial charge in [0, 0.05) is 32.2 Å². The predicted molar refractivity (Wildman–Crippen MR) is 52.3 cm³/mol. The lowest BCUT2D eigenvalue weighted by Gasteiger charge is -2.13. The molecule has 0 atom stereocenters. The molecule has 0 unspecified atom stereocenters. The number of rotatable bonds is 4. The van der Waals surface area contributed by atoms with E-state index in [9.17, 15) is 4.79 Å². The van der Waals surface area contributed by atoms with Gasteiger partial charge in [0.05, 0.1) is 12.7 Å². The Labute approximate surface area is 88.0 Å². The van der Waals surface area contributed by atoms with Crippen LogP contribution in [0.15, 0.2) is 18.5 Å². The molecule has 5 nitrogen and oxygen atoms in total. The molecule has 0 spiro atoms. The molecule has 1 heterocycles. The van der Waals surface area contributed by atoms with Gasteiger partial charge in [-0.3, -0.25) is 4.98 Å². The highest BCUT2D eigenvalue weighted by Crippen LogP contribution is 2.17. The van der Waals surface area contributed by atoms with Gasteiger partial charge in [-0.15, -0.1) is 0 Å². The van der Waals surface area contributed by atoms with Crippen molar-refractivity contribution < 1.29 is 19.0 Å². The van der Waals surface area contributed by atoms with Gasteiger partial charge in [0.25, 0.3) is 0 Å². The zero-order valence-electron chi connectivity index (χ0n) is 8.89. The largest absolute Gasteiger partial charge is 0.465 e. The second kappa shape index (κ2) is 5.43. The van der Waals surface area contributed by atoms with Gasteiger partial charge in [-0.2, -0.15) is 0 Å². The molecule has 1 rings (SSSR count). The molecule has 0 fully saturated rings. The van der Waals surface area contributed by atoms with Crippen molar-refractivity contribution in [3.63, 3.8) is 0 Å². The lowest BCUT2D eigenvalue weighted by Crippen LogP contribution is -2.07. The van der Waals surface area contributed by atoms with Crippen LogP contribution in [-0.2, 0) is 14.2 Å². The van der Waals surface area contributed by atoms with Crippen molar-refractivity contribution in [1.29, 1.82) is 0 Å². The molecular weight excluding hydrogens is 198 g/mol. The number of nitrogens with zero attached hydrogens (tertiary/aromatic N) is 1. The lowest BCUT2D eigenvalue weighted by atomic mass is 10.2. The van der Waals surface area contributed by atoms with E-state index in [1.165, 1.54) is 27.5 Å². The van der Waals surface area contributed by atoms with Crippen LogP contribution in [0.1, 0.15) is 22.2 Å². The average Bonchev–Trinajstić information content (AvgIpc) is 2.30. The van der Waals surface area contributed by atoms with Crippen LogP contribution in [0.5, 0.6) is 0 Å². The first kappa shape index (κ1) is 11.6. The molecule has 82 valence electrons. The summed E-state index contributed by atoms with van der Waals surface area (Å²) in [5.41, 5.74) is 1.04. The fraction of sp³-hybridized carbons (Fsp3) is 0.400. The highest BCUT2D eigenvalue weighted by Gasteiger charge is 2.12. The minimum atomic E-state index is -0.526. The molecule has 0 radical (unpaired) electrons. The first-order valence-electron chi connectivity index (χ1n) is 4.31. The fourth-order valence-electron chi connectivity index (χ4n) is 1.18. The molecule has 0 aliphatic heterocycles. The number of esters is 1. The monoisotopic (exact) mass is 211 g/mol. The molecule has 5 heteroatoms. The maximum absolute atomic E-state index is 11.2. The first-order valence-corrected chi connectivity index (χ1v) is 4.31. The lowest BCUT2D eigenvalue weighted by molar-refractivity contribution is -0.106. The SMILES string of the molecule is COC(=O)c1cncc(C(OC)OC)c1. The zero-order valence-corrected chi connectivity index (χ0v) is 8.89. The highest BCUT2D eigenvalue weighted by molar-refractivity contribution is 5.89. The molecule has 1 aromatic rings. The van der Waals surface area contributed by atoms with Crippen LogP contribution < -0.4 is 0 Å². The number of carbonyl (C=O) groups excluding carboxylic acids is 1. The maximum atomic E-state index is 11.2. The molecule has 1 aromatic heterocycles. The van der Waals surface area contributed by atoms with Crippen molar-refractivity contribution in [2.45, 2.75) is 6.29 Å². The second-order valence-electron chi connectivity index (χ2n) is 2.80. The van der Waals surface area contributed by atoms with Crippen molar-refractivity contribution >= 4 is 5.97 Å². The number of pyridine rings is 1. The molecule has 0 N–H and O–H groups in total. The summed E-state index contributed by atoms with van der Waals surface area (Å²) < 4.78 is 14.7. The Morgan fingerprint density at radius 3 is 2.47 bits per heavy atom. The Bertz CT molecular complexity index is 336. The van der Waals surface area contributed by atoms with Crippen molar-refractivity contribution in [1.82, 2.24) is 4.98 Å². The fourth-order valence-corrected chi connectivity index (χ4v) is 1.18. The molecule has 0 aliphatic rings. The third kappa shape index (κ3) is 2.74. The normalized spacial score (nSPS) is 10.4. The summed E-state index contributed by atoms with van der Waals surface area (Å²) in [6, 6.07) is 1.62. The Kier molecular flexibility index (Phi) is 4.20. The summed E-state index contributed by atoms with van der Waals surface area (Å²) in [7, 11) is 4.34. The topological polar surface area (TPSA) is 57.7 Å². The van der Waals surface area contributed by atoms with E-state index in [0.717, 1.165) is 0 Å². The number of methoxy groups -OCH3 is 3. The van der Waals surface area contributed by atoms with E-state index in [1.54, 1.807) is 12.3 Å². The number of hydrogen-bond acceptors (Lipinski definition) is 5. The Balaban J connectivity index is 2.96. The summed E-state index contributed by atoms with van der Waals surface area (Å²) in [4.78, 5) is 15.1. The van der Waals surface area contributed by atoms with E-state index in [4.69, 9.17) is 9.47 Å². The van der Waals surface area contributed by atoms with E-state index in [-0.39, 0.29) is 0 Å². The van der Waals surface area contributed by atoms with Crippen LogP contribution in [0.25, 0.3) is 0 Å². The van der Waals surface area contributed by atoms with E-state index in [0.29, 0.717) is 11.1 Å². The number of hydrogen-bond donors (Lipinski definition) is 0. The third-order valence-electron chi connectivity index (χ3n) is 1.88. The van der Waals surface area contributed by atoms with Gasteiger partial charge in [0.2, 0.25) is 0 Å². The van der Waals surface area contributed by atoms with Crippen molar-refractivity contribution in [2.75, 3.05) is 21.3 Å². The summed E-state index contributed by atoms with van der Waals surface area (Å²) in [6.45, 7) is 0. The quantitative estimate of drug-likeness (QED) is 0.552. The Hall–Kier alpha value is -1.46. The van der Waals surface area contributed by atoms with Gasteiger partial charge in [0.15, 0.2) is 6.29 Å². The van der Waals surface area contributed by atoms with Gasteiger partial charge in [-0.05, 0) is 6.07 Å². The van der Waals surface area contributed by atoms with Crippen LogP contribution in [0.4, 0.5) is 0 Å². The minimum Gasteiger partial charge on any atom is -0.465 e. The maximum Gasteiger partial charge on any atom is 0.339 e. The summed E-state index contributed by atoms with van der Waals surface area (Å²) in [6.07, 6.45) is 2.48. The molecule has 15 heavy (non-hydrogen) atoms. The number of aromatic nitrogens is 1. The molecule has 0 saturated heterocycles. The second-order valence-corrected chi connectivity index (χ2v) is 2.80. The van der Waals surface area contributed by atoms with Crippen LogP contribution in [0.2, 0.25) is 0 Å². The summed E-state index contributed by atoms with van der Waals surface area (Å²) in [5.74, 6) is -0.435. The first-order chi connectivity index (χ1) is 7.22. The Morgan fingerprint density at radius 2 is 1.93 bits per heavy atom. The van der Waals surface area contributed by atoms with Crippen molar-refractivity contribution in [3.8, 4) is 0 Å². The van der Waals surface area contributed by atoms with Gasteiger partial charge in [-0.25, -0.2) is 4.79 Å². The van der Waals surface area contributed by atoms with E-state index >= 15 is 0 Å². The molecule has 0 bridgehead atoms. The standard InChI is InChI=1S/C10H13NO4/c1-13-9(12)7-4-8(6-11-5-7)10(14-2)15-3/h4-6,10H,1-3H3. The van der Waals surface area contributed by atoms with Crippen LogP contribution in [0, 0.1) is 0 Å². The molecule has 0 amide bonds. The Morgan fingerprint density at radius 1 is 1.27 bits per heavy atom. The minimum absolute atomic E-state index is 0.370. The van der Waals surface area contributed by atoms with Crippen LogP contribution >= 0.6 is 0 Å². The molecular formula is C10H13NO4. The number of ether oxygens (including phenoxy) is 3. The molecule has 0 aromatic carbocycles. The van der Waals surface area contributed by atoms with Gasteiger partial charge in [-0.1, -0.05) is 0 Å². The van der Waals surface area contributed by atoms with E-state index in [2.05, 4.69) is 9.72 Å². The smallest absolute Gasteiger partial charge is 0.339 e. The third-order valence-corrected chi connectivity index (χ3v) is 1.88. The van der Waals surface area contributed by atoms with Gasteiger partial charge in [0.1, 0.15) is 0 Å². The molecule has 0 saturated carbocycles. The summed E-state index contributed by atoms with van der Waals surface area (Å²) >= 11 is 0.